The quantitative estimate of drug-likeness (QED) is 0.825. The fourth-order valence-corrected chi connectivity index (χ4v) is 2.44. The van der Waals surface area contributed by atoms with Gasteiger partial charge in [0.2, 0.25) is 0 Å². The number of hydrogen-bond donors (Lipinski definition) is 1. The minimum absolute atomic E-state index is 0.0841. The maximum absolute atomic E-state index is 12.3. The number of aryl methyl sites for hydroxylation is 1. The molecule has 1 aliphatic heterocycles. The van der Waals surface area contributed by atoms with Crippen molar-refractivity contribution in [2.75, 3.05) is 13.2 Å². The summed E-state index contributed by atoms with van der Waals surface area (Å²) in [5, 5.41) is 9.00. The van der Waals surface area contributed by atoms with Gasteiger partial charge in [-0.05, 0) is 31.4 Å². The molecule has 1 aromatic carbocycles. The first-order valence-corrected chi connectivity index (χ1v) is 6.66. The van der Waals surface area contributed by atoms with E-state index in [2.05, 4.69) is 0 Å². The van der Waals surface area contributed by atoms with Crippen LogP contribution in [0.1, 0.15) is 46.0 Å². The van der Waals surface area contributed by atoms with Gasteiger partial charge in [0.05, 0.1) is 11.1 Å². The van der Waals surface area contributed by atoms with Crippen LogP contribution >= 0.6 is 0 Å². The highest BCUT2D eigenvalue weighted by Gasteiger charge is 2.36. The van der Waals surface area contributed by atoms with Crippen molar-refractivity contribution in [2.45, 2.75) is 26.7 Å². The molecule has 102 valence electrons. The summed E-state index contributed by atoms with van der Waals surface area (Å²) in [6, 6.07) is 5.33. The average Bonchev–Trinajstić information content (AvgIpc) is 2.62. The summed E-state index contributed by atoms with van der Waals surface area (Å²) >= 11 is 0. The zero-order valence-electron chi connectivity index (χ0n) is 11.3. The Balaban J connectivity index is 2.22. The highest BCUT2D eigenvalue weighted by molar-refractivity contribution is 6.21. The van der Waals surface area contributed by atoms with Gasteiger partial charge in [-0.15, -0.1) is 0 Å². The number of aliphatic hydroxyl groups is 1. The second kappa shape index (κ2) is 5.53. The lowest BCUT2D eigenvalue weighted by Gasteiger charge is -2.20. The molecule has 1 N–H and O–H groups in total. The Labute approximate surface area is 113 Å². The van der Waals surface area contributed by atoms with Gasteiger partial charge in [-0.3, -0.25) is 14.5 Å². The maximum Gasteiger partial charge on any atom is 0.261 e. The van der Waals surface area contributed by atoms with Crippen molar-refractivity contribution in [2.24, 2.45) is 5.92 Å². The second-order valence-corrected chi connectivity index (χ2v) is 5.06. The first-order chi connectivity index (χ1) is 9.08. The minimum atomic E-state index is -0.212. The van der Waals surface area contributed by atoms with E-state index in [0.717, 1.165) is 12.0 Å². The fraction of sp³-hybridized carbons (Fsp3) is 0.467. The van der Waals surface area contributed by atoms with Crippen molar-refractivity contribution in [3.63, 3.8) is 0 Å². The number of aliphatic hydroxyl groups excluding tert-OH is 1. The van der Waals surface area contributed by atoms with Gasteiger partial charge in [-0.2, -0.15) is 0 Å². The average molecular weight is 261 g/mol. The van der Waals surface area contributed by atoms with Crippen molar-refractivity contribution < 1.29 is 14.7 Å². The molecule has 1 atom stereocenters. The van der Waals surface area contributed by atoms with E-state index in [4.69, 9.17) is 5.11 Å². The lowest BCUT2D eigenvalue weighted by Crippen LogP contribution is -2.34. The largest absolute Gasteiger partial charge is 0.396 e. The highest BCUT2D eigenvalue weighted by Crippen LogP contribution is 2.25. The number of fused-ring (bicyclic) bond motifs is 1. The third-order valence-electron chi connectivity index (χ3n) is 3.68. The van der Waals surface area contributed by atoms with E-state index < -0.39 is 0 Å². The molecule has 4 heteroatoms. The van der Waals surface area contributed by atoms with Gasteiger partial charge in [-0.1, -0.05) is 25.0 Å². The first-order valence-electron chi connectivity index (χ1n) is 6.66. The van der Waals surface area contributed by atoms with Crippen LogP contribution in [-0.4, -0.2) is 35.0 Å². The lowest BCUT2D eigenvalue weighted by atomic mass is 10.0. The predicted molar refractivity (Wildman–Crippen MR) is 72.0 cm³/mol. The molecule has 1 aromatic rings. The normalized spacial score (nSPS) is 15.8. The van der Waals surface area contributed by atoms with Gasteiger partial charge < -0.3 is 5.11 Å². The molecule has 4 nitrogen and oxygen atoms in total. The molecular formula is C15H19NO3. The number of amides is 2. The predicted octanol–water partition coefficient (Wildman–Crippen LogP) is 2.00. The fourth-order valence-electron chi connectivity index (χ4n) is 2.44. The maximum atomic E-state index is 12.3. The third-order valence-corrected chi connectivity index (χ3v) is 3.68. The summed E-state index contributed by atoms with van der Waals surface area (Å²) in [6.07, 6.45) is 1.45. The molecule has 0 aromatic heterocycles. The van der Waals surface area contributed by atoms with Gasteiger partial charge in [0.25, 0.3) is 11.8 Å². The summed E-state index contributed by atoms with van der Waals surface area (Å²) in [7, 11) is 0. The first kappa shape index (κ1) is 13.7. The van der Waals surface area contributed by atoms with Crippen LogP contribution in [0, 0.1) is 12.8 Å². The van der Waals surface area contributed by atoms with Crippen molar-refractivity contribution in [3.8, 4) is 0 Å². The molecule has 2 amide bonds. The van der Waals surface area contributed by atoms with Crippen LogP contribution in [0.4, 0.5) is 0 Å². The van der Waals surface area contributed by atoms with Gasteiger partial charge in [0.1, 0.15) is 0 Å². The molecule has 0 radical (unpaired) electrons. The smallest absolute Gasteiger partial charge is 0.261 e. The number of rotatable bonds is 5. The Bertz CT molecular complexity index is 510. The van der Waals surface area contributed by atoms with Gasteiger partial charge >= 0.3 is 0 Å². The Morgan fingerprint density at radius 1 is 1.21 bits per heavy atom. The van der Waals surface area contributed by atoms with E-state index in [1.54, 1.807) is 12.1 Å². The number of hydrogen-bond acceptors (Lipinski definition) is 3. The SMILES string of the molecule is CCC(CCO)CN1C(=O)c2ccc(C)cc2C1=O. The van der Waals surface area contributed by atoms with Crippen LogP contribution in [0.25, 0.3) is 0 Å². The summed E-state index contributed by atoms with van der Waals surface area (Å²) in [4.78, 5) is 25.8. The molecule has 1 unspecified atom stereocenters. The van der Waals surface area contributed by atoms with Crippen LogP contribution in [0.3, 0.4) is 0 Å². The Morgan fingerprint density at radius 2 is 1.89 bits per heavy atom. The van der Waals surface area contributed by atoms with Crippen LogP contribution < -0.4 is 0 Å². The summed E-state index contributed by atoms with van der Waals surface area (Å²) in [5.41, 5.74) is 1.97. The molecular weight excluding hydrogens is 242 g/mol. The zero-order chi connectivity index (χ0) is 14.0. The van der Waals surface area contributed by atoms with E-state index in [-0.39, 0.29) is 24.3 Å². The molecule has 0 aliphatic carbocycles. The van der Waals surface area contributed by atoms with Crippen LogP contribution in [0.15, 0.2) is 18.2 Å². The highest BCUT2D eigenvalue weighted by atomic mass is 16.3. The molecule has 0 fully saturated rings. The van der Waals surface area contributed by atoms with Crippen LogP contribution in [0.2, 0.25) is 0 Å². The van der Waals surface area contributed by atoms with Gasteiger partial charge in [-0.25, -0.2) is 0 Å². The number of nitrogens with zero attached hydrogens (tertiary/aromatic N) is 1. The number of carbonyl (C=O) groups excluding carboxylic acids is 2. The monoisotopic (exact) mass is 261 g/mol. The number of carbonyl (C=O) groups is 2. The van der Waals surface area contributed by atoms with Crippen molar-refractivity contribution >= 4 is 11.8 Å². The molecule has 2 rings (SSSR count). The van der Waals surface area contributed by atoms with Crippen molar-refractivity contribution in [3.05, 3.63) is 34.9 Å². The Morgan fingerprint density at radius 3 is 2.53 bits per heavy atom. The van der Waals surface area contributed by atoms with E-state index in [1.807, 2.05) is 19.9 Å². The van der Waals surface area contributed by atoms with Gasteiger partial charge in [0.15, 0.2) is 0 Å². The van der Waals surface area contributed by atoms with Gasteiger partial charge in [0, 0.05) is 13.2 Å². The molecule has 19 heavy (non-hydrogen) atoms. The standard InChI is InChI=1S/C15H19NO3/c1-3-11(6-7-17)9-16-14(18)12-5-4-10(2)8-13(12)15(16)19/h4-5,8,11,17H,3,6-7,9H2,1-2H3. The van der Waals surface area contributed by atoms with Crippen LogP contribution in [-0.2, 0) is 0 Å². The van der Waals surface area contributed by atoms with E-state index in [9.17, 15) is 9.59 Å². The van der Waals surface area contributed by atoms with Crippen molar-refractivity contribution in [1.82, 2.24) is 4.90 Å². The number of imide groups is 1. The number of benzene rings is 1. The lowest BCUT2D eigenvalue weighted by molar-refractivity contribution is 0.0618. The van der Waals surface area contributed by atoms with E-state index in [0.29, 0.717) is 24.1 Å². The Hall–Kier alpha value is -1.68. The van der Waals surface area contributed by atoms with Crippen LogP contribution in [0.5, 0.6) is 0 Å². The summed E-state index contributed by atoms with van der Waals surface area (Å²) in [6.45, 7) is 4.38. The second-order valence-electron chi connectivity index (χ2n) is 5.06. The Kier molecular flexibility index (Phi) is 4.00. The molecule has 1 heterocycles. The third kappa shape index (κ3) is 2.54. The minimum Gasteiger partial charge on any atom is -0.396 e. The topological polar surface area (TPSA) is 57.6 Å². The molecule has 1 aliphatic rings. The molecule has 0 saturated heterocycles. The summed E-state index contributed by atoms with van der Waals surface area (Å²) < 4.78 is 0. The van der Waals surface area contributed by atoms with E-state index in [1.165, 1.54) is 4.90 Å². The van der Waals surface area contributed by atoms with Crippen molar-refractivity contribution in [1.29, 1.82) is 0 Å². The molecule has 0 saturated carbocycles. The summed E-state index contributed by atoms with van der Waals surface area (Å²) in [5.74, 6) is -0.259. The van der Waals surface area contributed by atoms with E-state index >= 15 is 0 Å². The zero-order valence-corrected chi connectivity index (χ0v) is 11.3. The molecule has 0 bridgehead atoms. The molecule has 0 spiro atoms.